The molecule has 164 valence electrons. The number of nitrogens with zero attached hydrogens (tertiary/aromatic N) is 1. The molecule has 0 saturated carbocycles. The smallest absolute Gasteiger partial charge is 0.343 e. The number of nitrogens with one attached hydrogen (secondary N) is 1. The number of phenolic OH excluding ortho intramolecular Hbond substituents is 2. The summed E-state index contributed by atoms with van der Waals surface area (Å²) >= 11 is 0. The normalized spacial score (nSPS) is 10.9. The maximum Gasteiger partial charge on any atom is 0.343 e. The SMILES string of the molecule is Cc1cccc(C(=O)Oc2ccc3ccccc3c2C=NNC(=O)c2ccc(O)cc2O)c1. The highest BCUT2D eigenvalue weighted by Gasteiger charge is 2.14. The van der Waals surface area contributed by atoms with E-state index in [2.05, 4.69) is 10.5 Å². The van der Waals surface area contributed by atoms with Crippen LogP contribution in [0.2, 0.25) is 0 Å². The Morgan fingerprint density at radius 1 is 0.939 bits per heavy atom. The van der Waals surface area contributed by atoms with Crippen LogP contribution in [0.3, 0.4) is 0 Å². The first-order chi connectivity index (χ1) is 15.9. The number of amides is 1. The third kappa shape index (κ3) is 4.83. The number of carbonyl (C=O) groups is 2. The van der Waals surface area contributed by atoms with Gasteiger partial charge in [0.25, 0.3) is 5.91 Å². The number of aryl methyl sites for hydroxylation is 1. The maximum absolute atomic E-state index is 12.7. The third-order valence-electron chi connectivity index (χ3n) is 4.97. The van der Waals surface area contributed by atoms with Gasteiger partial charge in [-0.05, 0) is 48.0 Å². The zero-order chi connectivity index (χ0) is 23.4. The van der Waals surface area contributed by atoms with E-state index in [0.717, 1.165) is 22.4 Å². The van der Waals surface area contributed by atoms with E-state index in [1.807, 2.05) is 43.3 Å². The number of hydrogen-bond donors (Lipinski definition) is 3. The van der Waals surface area contributed by atoms with E-state index in [1.165, 1.54) is 18.3 Å². The third-order valence-corrected chi connectivity index (χ3v) is 4.97. The fourth-order valence-corrected chi connectivity index (χ4v) is 3.36. The lowest BCUT2D eigenvalue weighted by atomic mass is 10.0. The van der Waals surface area contributed by atoms with E-state index in [-0.39, 0.29) is 22.8 Å². The number of benzene rings is 4. The second-order valence-corrected chi connectivity index (χ2v) is 7.36. The number of carbonyl (C=O) groups excluding carboxylic acids is 2. The summed E-state index contributed by atoms with van der Waals surface area (Å²) in [6, 6.07) is 21.7. The Labute approximate surface area is 189 Å². The number of phenols is 2. The van der Waals surface area contributed by atoms with Gasteiger partial charge < -0.3 is 14.9 Å². The summed E-state index contributed by atoms with van der Waals surface area (Å²) in [6.45, 7) is 1.89. The van der Waals surface area contributed by atoms with Crippen molar-refractivity contribution in [2.75, 3.05) is 0 Å². The van der Waals surface area contributed by atoms with Gasteiger partial charge in [-0.15, -0.1) is 0 Å². The van der Waals surface area contributed by atoms with Gasteiger partial charge in [0.15, 0.2) is 0 Å². The molecule has 0 saturated heterocycles. The molecular formula is C26H20N2O5. The summed E-state index contributed by atoms with van der Waals surface area (Å²) in [7, 11) is 0. The largest absolute Gasteiger partial charge is 0.508 e. The molecule has 0 heterocycles. The highest BCUT2D eigenvalue weighted by Crippen LogP contribution is 2.28. The highest BCUT2D eigenvalue weighted by atomic mass is 16.5. The van der Waals surface area contributed by atoms with Crippen LogP contribution in [-0.4, -0.2) is 28.3 Å². The minimum absolute atomic E-state index is 0.0473. The molecular weight excluding hydrogens is 420 g/mol. The van der Waals surface area contributed by atoms with E-state index in [4.69, 9.17) is 4.74 Å². The molecule has 7 nitrogen and oxygen atoms in total. The average Bonchev–Trinajstić information content (AvgIpc) is 2.80. The molecule has 0 aliphatic carbocycles. The molecule has 0 spiro atoms. The van der Waals surface area contributed by atoms with Crippen LogP contribution in [0.5, 0.6) is 17.2 Å². The van der Waals surface area contributed by atoms with Gasteiger partial charge in [-0.2, -0.15) is 5.10 Å². The molecule has 3 N–H and O–H groups in total. The summed E-state index contributed by atoms with van der Waals surface area (Å²) < 4.78 is 5.66. The summed E-state index contributed by atoms with van der Waals surface area (Å²) in [5.41, 5.74) is 4.15. The Balaban J connectivity index is 1.63. The zero-order valence-corrected chi connectivity index (χ0v) is 17.6. The van der Waals surface area contributed by atoms with Crippen molar-refractivity contribution >= 4 is 28.9 Å². The minimum atomic E-state index is -0.665. The van der Waals surface area contributed by atoms with Gasteiger partial charge in [-0.3, -0.25) is 4.79 Å². The first-order valence-electron chi connectivity index (χ1n) is 10.1. The first kappa shape index (κ1) is 21.6. The molecule has 0 aliphatic rings. The van der Waals surface area contributed by atoms with E-state index in [9.17, 15) is 19.8 Å². The summed E-state index contributed by atoms with van der Waals surface area (Å²) in [5.74, 6) is -1.43. The Morgan fingerprint density at radius 2 is 1.76 bits per heavy atom. The monoisotopic (exact) mass is 440 g/mol. The van der Waals surface area contributed by atoms with Gasteiger partial charge in [0.2, 0.25) is 0 Å². The molecule has 4 aromatic carbocycles. The molecule has 0 radical (unpaired) electrons. The molecule has 4 rings (SSSR count). The van der Waals surface area contributed by atoms with Crippen molar-refractivity contribution in [2.24, 2.45) is 5.10 Å². The van der Waals surface area contributed by atoms with Crippen molar-refractivity contribution in [2.45, 2.75) is 6.92 Å². The van der Waals surface area contributed by atoms with Crippen molar-refractivity contribution in [3.8, 4) is 17.2 Å². The topological polar surface area (TPSA) is 108 Å². The highest BCUT2D eigenvalue weighted by molar-refractivity contribution is 6.04. The molecule has 4 aromatic rings. The number of fused-ring (bicyclic) bond motifs is 1. The number of hydrazone groups is 1. The average molecular weight is 440 g/mol. The molecule has 0 atom stereocenters. The molecule has 33 heavy (non-hydrogen) atoms. The number of rotatable bonds is 5. The predicted molar refractivity (Wildman–Crippen MR) is 125 cm³/mol. The van der Waals surface area contributed by atoms with Gasteiger partial charge in [0, 0.05) is 11.6 Å². The lowest BCUT2D eigenvalue weighted by Gasteiger charge is -2.11. The standard InChI is InChI=1S/C26H20N2O5/c1-16-5-4-7-18(13-16)26(32)33-24-12-9-17-6-2-3-8-20(17)22(24)15-27-28-25(31)21-11-10-19(29)14-23(21)30/h2-15,29-30H,1H3,(H,28,31). The van der Waals surface area contributed by atoms with E-state index in [0.29, 0.717) is 11.1 Å². The van der Waals surface area contributed by atoms with Crippen molar-refractivity contribution < 1.29 is 24.5 Å². The van der Waals surface area contributed by atoms with Crippen LogP contribution in [0, 0.1) is 6.92 Å². The van der Waals surface area contributed by atoms with E-state index in [1.54, 1.807) is 24.3 Å². The number of esters is 1. The Hall–Kier alpha value is -4.65. The number of aromatic hydroxyl groups is 2. The summed E-state index contributed by atoms with van der Waals surface area (Å²) in [4.78, 5) is 25.1. The van der Waals surface area contributed by atoms with E-state index >= 15 is 0 Å². The molecule has 0 unspecified atom stereocenters. The second kappa shape index (κ2) is 9.23. The van der Waals surface area contributed by atoms with E-state index < -0.39 is 11.9 Å². The van der Waals surface area contributed by atoms with Gasteiger partial charge in [-0.25, -0.2) is 10.2 Å². The van der Waals surface area contributed by atoms with Crippen molar-refractivity contribution in [3.05, 3.63) is 101 Å². The van der Waals surface area contributed by atoms with Crippen LogP contribution < -0.4 is 10.2 Å². The maximum atomic E-state index is 12.7. The number of hydrogen-bond acceptors (Lipinski definition) is 6. The quantitative estimate of drug-likeness (QED) is 0.183. The van der Waals surface area contributed by atoms with Crippen LogP contribution in [0.25, 0.3) is 10.8 Å². The van der Waals surface area contributed by atoms with Gasteiger partial charge >= 0.3 is 5.97 Å². The van der Waals surface area contributed by atoms with Crippen LogP contribution in [0.15, 0.2) is 84.0 Å². The number of ether oxygens (including phenoxy) is 1. The van der Waals surface area contributed by atoms with Gasteiger partial charge in [0.05, 0.1) is 17.3 Å². The van der Waals surface area contributed by atoms with Crippen molar-refractivity contribution in [3.63, 3.8) is 0 Å². The van der Waals surface area contributed by atoms with Crippen LogP contribution >= 0.6 is 0 Å². The Bertz CT molecular complexity index is 1390. The van der Waals surface area contributed by atoms with Crippen molar-refractivity contribution in [1.82, 2.24) is 5.43 Å². The van der Waals surface area contributed by atoms with Crippen LogP contribution in [0.1, 0.15) is 31.8 Å². The van der Waals surface area contributed by atoms with Gasteiger partial charge in [-0.1, -0.05) is 48.0 Å². The lowest BCUT2D eigenvalue weighted by molar-refractivity contribution is 0.0734. The second-order valence-electron chi connectivity index (χ2n) is 7.36. The van der Waals surface area contributed by atoms with Crippen molar-refractivity contribution in [1.29, 1.82) is 0 Å². The molecule has 7 heteroatoms. The van der Waals surface area contributed by atoms with Gasteiger partial charge in [0.1, 0.15) is 17.2 Å². The van der Waals surface area contributed by atoms with Crippen LogP contribution in [0.4, 0.5) is 0 Å². The minimum Gasteiger partial charge on any atom is -0.508 e. The Morgan fingerprint density at radius 3 is 2.55 bits per heavy atom. The predicted octanol–water partition coefficient (Wildman–Crippen LogP) is 4.54. The Kier molecular flexibility index (Phi) is 6.04. The lowest BCUT2D eigenvalue weighted by Crippen LogP contribution is -2.18. The molecule has 1 amide bonds. The molecule has 0 bridgehead atoms. The van der Waals surface area contributed by atoms with Crippen LogP contribution in [-0.2, 0) is 0 Å². The first-order valence-corrected chi connectivity index (χ1v) is 10.1. The zero-order valence-electron chi connectivity index (χ0n) is 17.6. The fourth-order valence-electron chi connectivity index (χ4n) is 3.36. The fraction of sp³-hybridized carbons (Fsp3) is 0.0385. The molecule has 0 aliphatic heterocycles. The molecule has 0 fully saturated rings. The molecule has 0 aromatic heterocycles. The summed E-state index contributed by atoms with van der Waals surface area (Å²) in [6.07, 6.45) is 1.39. The summed E-state index contributed by atoms with van der Waals surface area (Å²) in [5, 5.41) is 24.9.